The number of nitrogens with zero attached hydrogens (tertiary/aromatic N) is 5. The molecule has 0 aliphatic carbocycles. The number of imidazole rings is 1. The van der Waals surface area contributed by atoms with Crippen LogP contribution in [0.5, 0.6) is 0 Å². The highest BCUT2D eigenvalue weighted by Crippen LogP contribution is 2.29. The highest BCUT2D eigenvalue weighted by molar-refractivity contribution is 5.69. The van der Waals surface area contributed by atoms with Gasteiger partial charge in [-0.1, -0.05) is 44.2 Å². The molecule has 160 valence electrons. The van der Waals surface area contributed by atoms with Gasteiger partial charge in [0.25, 0.3) is 5.56 Å². The van der Waals surface area contributed by atoms with Gasteiger partial charge in [-0.2, -0.15) is 0 Å². The minimum absolute atomic E-state index is 0.0750. The molecular weight excluding hydrogens is 378 g/mol. The van der Waals surface area contributed by atoms with Gasteiger partial charge in [0.2, 0.25) is 0 Å². The summed E-state index contributed by atoms with van der Waals surface area (Å²) in [4.78, 5) is 22.2. The molecule has 0 unspecified atom stereocenters. The largest absolute Gasteiger partial charge is 0.390 e. The molecule has 1 aromatic carbocycles. The average molecular weight is 410 g/mol. The van der Waals surface area contributed by atoms with Crippen LogP contribution in [-0.2, 0) is 20.2 Å². The van der Waals surface area contributed by atoms with Crippen LogP contribution in [0.2, 0.25) is 0 Å². The summed E-state index contributed by atoms with van der Waals surface area (Å²) in [5.74, 6) is 0. The normalized spacial score (nSPS) is 20.2. The molecule has 7 heteroatoms. The van der Waals surface area contributed by atoms with E-state index < -0.39 is 0 Å². The molecule has 2 atom stereocenters. The fourth-order valence-corrected chi connectivity index (χ4v) is 4.54. The molecule has 0 spiro atoms. The van der Waals surface area contributed by atoms with Crippen LogP contribution in [0.4, 0.5) is 5.69 Å². The Morgan fingerprint density at radius 3 is 2.50 bits per heavy atom. The second-order valence-electron chi connectivity index (χ2n) is 8.14. The molecule has 0 saturated carbocycles. The Kier molecular flexibility index (Phi) is 5.92. The summed E-state index contributed by atoms with van der Waals surface area (Å²) in [5, 5.41) is 9.57. The SMILES string of the molecule is CC[C@@H]1CN(c2cc(=O)n(C)n3cc(CO)nc23)[C@@H](CC)CN1Cc1ccccc1. The Hall–Kier alpha value is -2.64. The minimum atomic E-state index is -0.144. The molecule has 0 bridgehead atoms. The summed E-state index contributed by atoms with van der Waals surface area (Å²) in [7, 11) is 1.73. The summed E-state index contributed by atoms with van der Waals surface area (Å²) < 4.78 is 3.29. The summed E-state index contributed by atoms with van der Waals surface area (Å²) >= 11 is 0. The molecule has 30 heavy (non-hydrogen) atoms. The first-order chi connectivity index (χ1) is 14.5. The van der Waals surface area contributed by atoms with Crippen molar-refractivity contribution in [3.05, 3.63) is 64.2 Å². The van der Waals surface area contributed by atoms with Gasteiger partial charge in [-0.15, -0.1) is 0 Å². The molecule has 7 nitrogen and oxygen atoms in total. The fraction of sp³-hybridized carbons (Fsp3) is 0.478. The number of aliphatic hydroxyl groups is 1. The lowest BCUT2D eigenvalue weighted by atomic mass is 10.0. The average Bonchev–Trinajstić information content (AvgIpc) is 3.21. The molecule has 3 aromatic rings. The zero-order valence-corrected chi connectivity index (χ0v) is 18.0. The molecule has 3 heterocycles. The third kappa shape index (κ3) is 3.75. The summed E-state index contributed by atoms with van der Waals surface area (Å²) in [6, 6.07) is 13.0. The van der Waals surface area contributed by atoms with Crippen molar-refractivity contribution in [1.29, 1.82) is 0 Å². The number of benzene rings is 1. The zero-order chi connectivity index (χ0) is 21.3. The van der Waals surface area contributed by atoms with Gasteiger partial charge in [-0.3, -0.25) is 9.69 Å². The van der Waals surface area contributed by atoms with Crippen molar-refractivity contribution < 1.29 is 5.11 Å². The van der Waals surface area contributed by atoms with E-state index >= 15 is 0 Å². The molecule has 1 aliphatic heterocycles. The third-order valence-electron chi connectivity index (χ3n) is 6.32. The maximum absolute atomic E-state index is 12.7. The van der Waals surface area contributed by atoms with E-state index in [2.05, 4.69) is 59.0 Å². The molecule has 2 aromatic heterocycles. The maximum Gasteiger partial charge on any atom is 0.267 e. The van der Waals surface area contributed by atoms with Crippen molar-refractivity contribution in [2.45, 2.75) is 51.9 Å². The van der Waals surface area contributed by atoms with Crippen LogP contribution in [0.1, 0.15) is 37.9 Å². The maximum atomic E-state index is 12.7. The standard InChI is InChI=1S/C23H31N5O2/c1-4-19-15-27(20(5-2)14-26(19)12-17-9-7-6-8-10-17)21-11-22(30)25(3)28-13-18(16-29)24-23(21)28/h6-11,13,19-20,29H,4-5,12,14-16H2,1-3H3/t19-,20+/m1/s1. The van der Waals surface area contributed by atoms with Gasteiger partial charge in [0.05, 0.1) is 24.2 Å². The highest BCUT2D eigenvalue weighted by atomic mass is 16.3. The van der Waals surface area contributed by atoms with Crippen LogP contribution >= 0.6 is 0 Å². The number of anilines is 1. The van der Waals surface area contributed by atoms with Crippen molar-refractivity contribution in [3.8, 4) is 0 Å². The fourth-order valence-electron chi connectivity index (χ4n) is 4.54. The quantitative estimate of drug-likeness (QED) is 0.677. The van der Waals surface area contributed by atoms with Gasteiger partial charge in [-0.25, -0.2) is 14.2 Å². The van der Waals surface area contributed by atoms with Crippen LogP contribution in [-0.4, -0.2) is 49.4 Å². The lowest BCUT2D eigenvalue weighted by molar-refractivity contribution is 0.136. The number of fused-ring (bicyclic) bond motifs is 1. The van der Waals surface area contributed by atoms with Crippen molar-refractivity contribution in [3.63, 3.8) is 0 Å². The van der Waals surface area contributed by atoms with E-state index in [4.69, 9.17) is 0 Å². The number of aromatic nitrogens is 3. The number of aryl methyl sites for hydroxylation is 1. The predicted octanol–water partition coefficient (Wildman–Crippen LogP) is 2.40. The Balaban J connectivity index is 1.70. The van der Waals surface area contributed by atoms with E-state index in [1.54, 1.807) is 23.8 Å². The first-order valence-electron chi connectivity index (χ1n) is 10.8. The van der Waals surface area contributed by atoms with Gasteiger partial charge in [-0.05, 0) is 18.4 Å². The predicted molar refractivity (Wildman–Crippen MR) is 119 cm³/mol. The van der Waals surface area contributed by atoms with Crippen molar-refractivity contribution in [2.75, 3.05) is 18.0 Å². The van der Waals surface area contributed by atoms with Gasteiger partial charge in [0, 0.05) is 44.8 Å². The lowest BCUT2D eigenvalue weighted by Crippen LogP contribution is -2.58. The second kappa shape index (κ2) is 8.62. The number of aliphatic hydroxyl groups excluding tert-OH is 1. The van der Waals surface area contributed by atoms with Gasteiger partial charge < -0.3 is 10.0 Å². The van der Waals surface area contributed by atoms with Crippen molar-refractivity contribution >= 4 is 11.3 Å². The number of hydrogen-bond acceptors (Lipinski definition) is 5. The molecule has 0 radical (unpaired) electrons. The smallest absolute Gasteiger partial charge is 0.267 e. The Morgan fingerprint density at radius 2 is 1.83 bits per heavy atom. The van der Waals surface area contributed by atoms with Crippen LogP contribution in [0, 0.1) is 0 Å². The zero-order valence-electron chi connectivity index (χ0n) is 18.0. The molecule has 1 fully saturated rings. The molecule has 4 rings (SSSR count). The number of hydrogen-bond donors (Lipinski definition) is 1. The first-order valence-corrected chi connectivity index (χ1v) is 10.8. The molecule has 1 saturated heterocycles. The number of rotatable bonds is 6. The van der Waals surface area contributed by atoms with E-state index in [0.29, 0.717) is 17.8 Å². The lowest BCUT2D eigenvalue weighted by Gasteiger charge is -2.47. The summed E-state index contributed by atoms with van der Waals surface area (Å²) in [6.45, 7) is 7.02. The van der Waals surface area contributed by atoms with E-state index in [0.717, 1.165) is 43.8 Å². The molecule has 0 amide bonds. The Labute approximate surface area is 177 Å². The molecule has 1 aliphatic rings. The topological polar surface area (TPSA) is 66.0 Å². The minimum Gasteiger partial charge on any atom is -0.390 e. The van der Waals surface area contributed by atoms with Crippen molar-refractivity contribution in [1.82, 2.24) is 19.1 Å². The first kappa shape index (κ1) is 20.6. The van der Waals surface area contributed by atoms with E-state index in [1.807, 2.05) is 0 Å². The second-order valence-corrected chi connectivity index (χ2v) is 8.14. The van der Waals surface area contributed by atoms with Crippen LogP contribution in [0.25, 0.3) is 5.65 Å². The van der Waals surface area contributed by atoms with E-state index in [-0.39, 0.29) is 12.2 Å². The molecule has 1 N–H and O–H groups in total. The van der Waals surface area contributed by atoms with Crippen molar-refractivity contribution in [2.24, 2.45) is 7.05 Å². The Bertz CT molecular complexity index is 1060. The monoisotopic (exact) mass is 409 g/mol. The summed E-state index contributed by atoms with van der Waals surface area (Å²) in [6.07, 6.45) is 3.76. The third-order valence-corrected chi connectivity index (χ3v) is 6.32. The van der Waals surface area contributed by atoms with Gasteiger partial charge >= 0.3 is 0 Å². The van der Waals surface area contributed by atoms with Gasteiger partial charge in [0.1, 0.15) is 0 Å². The highest BCUT2D eigenvalue weighted by Gasteiger charge is 2.33. The van der Waals surface area contributed by atoms with E-state index in [9.17, 15) is 9.90 Å². The van der Waals surface area contributed by atoms with Crippen LogP contribution in [0.3, 0.4) is 0 Å². The Morgan fingerprint density at radius 1 is 1.10 bits per heavy atom. The van der Waals surface area contributed by atoms with E-state index in [1.165, 1.54) is 10.2 Å². The van der Waals surface area contributed by atoms with Crippen LogP contribution in [0.15, 0.2) is 47.4 Å². The number of piperazine rings is 1. The van der Waals surface area contributed by atoms with Gasteiger partial charge in [0.15, 0.2) is 5.65 Å². The molecular formula is C23H31N5O2. The van der Waals surface area contributed by atoms with Crippen LogP contribution < -0.4 is 10.5 Å². The summed E-state index contributed by atoms with van der Waals surface area (Å²) in [5.41, 5.74) is 3.42.